The molecule has 0 amide bonds. The van der Waals surface area contributed by atoms with Crippen LogP contribution in [0, 0.1) is 0 Å². The summed E-state index contributed by atoms with van der Waals surface area (Å²) in [5, 5.41) is 0. The Kier molecular flexibility index (Phi) is 9.81. The van der Waals surface area contributed by atoms with Crippen molar-refractivity contribution >= 4 is 62.1 Å². The summed E-state index contributed by atoms with van der Waals surface area (Å²) in [6.45, 7) is 8.64. The number of carbonyl (C=O) groups is 1. The van der Waals surface area contributed by atoms with Crippen molar-refractivity contribution in [2.45, 2.75) is 0 Å². The van der Waals surface area contributed by atoms with Crippen LogP contribution in [-0.2, 0) is 0 Å². The largest absolute Gasteiger partial charge is 0.397 e. The third-order valence-electron chi connectivity index (χ3n) is 9.41. The van der Waals surface area contributed by atoms with Crippen molar-refractivity contribution in [3.8, 4) is 11.6 Å². The fraction of sp³-hybridized carbons (Fsp3) is 0.263. The van der Waals surface area contributed by atoms with Gasteiger partial charge in [-0.05, 0) is 74.8 Å². The number of nitrogen functional groups attached to an aromatic ring is 2. The SMILES string of the molecule is CN1CCN(c2ccc(N)c(N)c2)CC1.CN1CCN(c2ccc3nc(-c4nc5ccccc5[nH]4)[nH]c3c2)CC1.O=Cc1nc2ccccc2[nH]1. The number of carbonyl (C=O) groups excluding carboxylic acids is 1. The van der Waals surface area contributed by atoms with Crippen LogP contribution in [0.3, 0.4) is 0 Å². The number of aromatic amines is 3. The van der Waals surface area contributed by atoms with Gasteiger partial charge in [0, 0.05) is 63.7 Å². The van der Waals surface area contributed by atoms with Gasteiger partial charge < -0.3 is 46.0 Å². The zero-order valence-electron chi connectivity index (χ0n) is 29.0. The van der Waals surface area contributed by atoms with Crippen LogP contribution >= 0.6 is 0 Å². The summed E-state index contributed by atoms with van der Waals surface area (Å²) in [4.78, 5) is 42.7. The maximum absolute atomic E-state index is 10.3. The second kappa shape index (κ2) is 14.9. The number of hydrogen-bond donors (Lipinski definition) is 5. The molecule has 7 aromatic rings. The van der Waals surface area contributed by atoms with Gasteiger partial charge in [0.05, 0.1) is 44.5 Å². The van der Waals surface area contributed by atoms with Gasteiger partial charge in [-0.25, -0.2) is 15.0 Å². The summed E-state index contributed by atoms with van der Waals surface area (Å²) in [5.41, 5.74) is 21.0. The Bertz CT molecular complexity index is 2170. The number of fused-ring (bicyclic) bond motifs is 3. The van der Waals surface area contributed by atoms with Gasteiger partial charge in [-0.1, -0.05) is 24.3 Å². The van der Waals surface area contributed by atoms with Gasteiger partial charge in [-0.15, -0.1) is 0 Å². The van der Waals surface area contributed by atoms with E-state index in [0.717, 1.165) is 97.1 Å². The third kappa shape index (κ3) is 7.79. The first-order valence-corrected chi connectivity index (χ1v) is 17.2. The Morgan fingerprint density at radius 2 is 1.04 bits per heavy atom. The van der Waals surface area contributed by atoms with Crippen LogP contribution in [0.15, 0.2) is 84.9 Å². The van der Waals surface area contributed by atoms with Gasteiger partial charge in [-0.2, -0.15) is 0 Å². The molecule has 0 bridgehead atoms. The van der Waals surface area contributed by atoms with E-state index in [0.29, 0.717) is 23.5 Å². The van der Waals surface area contributed by atoms with Gasteiger partial charge in [-0.3, -0.25) is 4.79 Å². The predicted molar refractivity (Wildman–Crippen MR) is 207 cm³/mol. The van der Waals surface area contributed by atoms with Crippen LogP contribution in [0.5, 0.6) is 0 Å². The van der Waals surface area contributed by atoms with Crippen LogP contribution in [-0.4, -0.2) is 112 Å². The van der Waals surface area contributed by atoms with E-state index >= 15 is 0 Å². The molecule has 0 atom stereocenters. The number of nitrogens with two attached hydrogens (primary N) is 2. The molecule has 2 aliphatic rings. The van der Waals surface area contributed by atoms with Crippen molar-refractivity contribution in [2.24, 2.45) is 0 Å². The van der Waals surface area contributed by atoms with Gasteiger partial charge in [0.2, 0.25) is 0 Å². The highest BCUT2D eigenvalue weighted by Gasteiger charge is 2.17. The fourth-order valence-corrected chi connectivity index (χ4v) is 6.29. The smallest absolute Gasteiger partial charge is 0.185 e. The molecule has 0 unspecified atom stereocenters. The van der Waals surface area contributed by atoms with E-state index in [2.05, 4.69) is 76.8 Å². The first-order valence-electron chi connectivity index (χ1n) is 17.2. The number of piperazine rings is 2. The summed E-state index contributed by atoms with van der Waals surface area (Å²) >= 11 is 0. The summed E-state index contributed by atoms with van der Waals surface area (Å²) < 4.78 is 0. The Balaban J connectivity index is 0.000000133. The van der Waals surface area contributed by atoms with Crippen LogP contribution in [0.1, 0.15) is 10.6 Å². The molecule has 0 saturated carbocycles. The number of nitrogens with one attached hydrogen (secondary N) is 3. The Morgan fingerprint density at radius 1 is 0.549 bits per heavy atom. The van der Waals surface area contributed by atoms with E-state index in [4.69, 9.17) is 16.5 Å². The highest BCUT2D eigenvalue weighted by Crippen LogP contribution is 2.26. The number of nitrogens with zero attached hydrogens (tertiary/aromatic N) is 7. The lowest BCUT2D eigenvalue weighted by molar-refractivity contribution is 0.111. The molecule has 2 aliphatic heterocycles. The number of aldehydes is 1. The first-order chi connectivity index (χ1) is 24.8. The van der Waals surface area contributed by atoms with E-state index in [1.165, 1.54) is 11.4 Å². The number of anilines is 4. The highest BCUT2D eigenvalue weighted by molar-refractivity contribution is 5.84. The lowest BCUT2D eigenvalue weighted by Crippen LogP contribution is -2.44. The first kappa shape index (κ1) is 33.6. The Labute approximate surface area is 296 Å². The molecule has 0 aliphatic carbocycles. The molecular formula is C38H44N12O. The molecule has 9 rings (SSSR count). The number of rotatable bonds is 4. The van der Waals surface area contributed by atoms with Gasteiger partial charge in [0.25, 0.3) is 0 Å². The highest BCUT2D eigenvalue weighted by atomic mass is 16.1. The standard InChI is InChI=1S/C19H20N6.C11H18N4.C8H6N2O/c1-24-8-10-25(11-9-24)13-6-7-16-17(12-13)23-19(22-16)18-20-14-4-2-3-5-15(14)21-18;1-14-4-6-15(7-5-14)9-2-3-10(12)11(13)8-9;11-5-8-9-6-3-1-2-4-7(6)10-8/h2-7,12H,8-11H2,1H3,(H,20,21)(H,22,23);2-3,8H,4-7,12-13H2,1H3;1-5H,(H,9,10). The quantitative estimate of drug-likeness (QED) is 0.128. The molecule has 262 valence electrons. The van der Waals surface area contributed by atoms with Crippen molar-refractivity contribution in [3.05, 3.63) is 90.8 Å². The zero-order valence-corrected chi connectivity index (χ0v) is 29.0. The van der Waals surface area contributed by atoms with Gasteiger partial charge >= 0.3 is 0 Å². The maximum Gasteiger partial charge on any atom is 0.185 e. The Morgan fingerprint density at radius 3 is 1.59 bits per heavy atom. The molecule has 0 radical (unpaired) electrons. The second-order valence-corrected chi connectivity index (χ2v) is 13.0. The number of likely N-dealkylation sites (N-methyl/N-ethyl adjacent to an activating group) is 2. The number of hydrogen-bond acceptors (Lipinski definition) is 10. The Hall–Kier alpha value is -5.92. The minimum absolute atomic E-state index is 0.381. The molecule has 0 spiro atoms. The van der Waals surface area contributed by atoms with Crippen LogP contribution in [0.25, 0.3) is 44.7 Å². The van der Waals surface area contributed by atoms with E-state index in [-0.39, 0.29) is 0 Å². The number of imidazole rings is 3. The molecule has 3 aromatic heterocycles. The van der Waals surface area contributed by atoms with E-state index in [1.807, 2.05) is 66.7 Å². The second-order valence-electron chi connectivity index (χ2n) is 13.0. The predicted octanol–water partition coefficient (Wildman–Crippen LogP) is 4.84. The summed E-state index contributed by atoms with van der Waals surface area (Å²) in [5.74, 6) is 1.94. The lowest BCUT2D eigenvalue weighted by atomic mass is 10.2. The molecule has 2 fully saturated rings. The minimum Gasteiger partial charge on any atom is -0.397 e. The number of benzene rings is 4. The van der Waals surface area contributed by atoms with Crippen molar-refractivity contribution < 1.29 is 4.79 Å². The normalized spacial score (nSPS) is 15.4. The van der Waals surface area contributed by atoms with Crippen molar-refractivity contribution in [3.63, 3.8) is 0 Å². The van der Waals surface area contributed by atoms with E-state index < -0.39 is 0 Å². The van der Waals surface area contributed by atoms with E-state index in [9.17, 15) is 4.79 Å². The molecule has 5 heterocycles. The zero-order chi connectivity index (χ0) is 35.3. The molecular weight excluding hydrogens is 641 g/mol. The molecule has 2 saturated heterocycles. The third-order valence-corrected chi connectivity index (χ3v) is 9.41. The molecule has 13 nitrogen and oxygen atoms in total. The minimum atomic E-state index is 0.381. The van der Waals surface area contributed by atoms with Crippen LogP contribution < -0.4 is 21.3 Å². The maximum atomic E-state index is 10.3. The summed E-state index contributed by atoms with van der Waals surface area (Å²) in [7, 11) is 4.32. The number of H-pyrrole nitrogens is 3. The molecule has 13 heteroatoms. The lowest BCUT2D eigenvalue weighted by Gasteiger charge is -2.34. The van der Waals surface area contributed by atoms with Crippen molar-refractivity contribution in [1.82, 2.24) is 39.7 Å². The van der Waals surface area contributed by atoms with Crippen molar-refractivity contribution in [1.29, 1.82) is 0 Å². The monoisotopic (exact) mass is 684 g/mol. The van der Waals surface area contributed by atoms with Crippen LogP contribution in [0.2, 0.25) is 0 Å². The van der Waals surface area contributed by atoms with Crippen molar-refractivity contribution in [2.75, 3.05) is 87.7 Å². The molecule has 51 heavy (non-hydrogen) atoms. The number of para-hydroxylation sites is 4. The molecule has 4 aromatic carbocycles. The number of aromatic nitrogens is 6. The van der Waals surface area contributed by atoms with E-state index in [1.54, 1.807) is 0 Å². The average Bonchev–Trinajstić information content (AvgIpc) is 3.90. The molecule has 7 N–H and O–H groups in total. The van der Waals surface area contributed by atoms with Gasteiger partial charge in [0.15, 0.2) is 23.8 Å². The fourth-order valence-electron chi connectivity index (χ4n) is 6.29. The van der Waals surface area contributed by atoms with Crippen LogP contribution in [0.4, 0.5) is 22.7 Å². The van der Waals surface area contributed by atoms with Gasteiger partial charge in [0.1, 0.15) is 0 Å². The summed E-state index contributed by atoms with van der Waals surface area (Å²) in [6, 6.07) is 27.9. The summed E-state index contributed by atoms with van der Waals surface area (Å²) in [6.07, 6.45) is 0.708. The topological polar surface area (TPSA) is 168 Å². The average molecular weight is 685 g/mol.